The minimum atomic E-state index is -0.299. The monoisotopic (exact) mass is 368 g/mol. The maximum Gasteiger partial charge on any atom is 0.290 e. The fourth-order valence-corrected chi connectivity index (χ4v) is 3.07. The topological polar surface area (TPSA) is 86.7 Å². The number of carbonyl (C=O) groups is 1. The largest absolute Gasteiger partial charge is 0.426 e. The number of hydrogen-bond donors (Lipinski definition) is 1. The Morgan fingerprint density at radius 2 is 2.07 bits per heavy atom. The summed E-state index contributed by atoms with van der Waals surface area (Å²) in [7, 11) is 0. The van der Waals surface area contributed by atoms with Gasteiger partial charge < -0.3 is 23.7 Å². The van der Waals surface area contributed by atoms with E-state index in [0.717, 1.165) is 11.5 Å². The summed E-state index contributed by atoms with van der Waals surface area (Å²) >= 11 is 0. The molecular weight excluding hydrogens is 348 g/mol. The summed E-state index contributed by atoms with van der Waals surface area (Å²) in [6.45, 7) is 2.90. The van der Waals surface area contributed by atoms with Crippen LogP contribution in [-0.2, 0) is 11.2 Å². The molecule has 2 unspecified atom stereocenters. The molecule has 2 aromatic heterocycles. The van der Waals surface area contributed by atoms with Crippen LogP contribution in [0.15, 0.2) is 57.5 Å². The lowest BCUT2D eigenvalue weighted by Gasteiger charge is -2.17. The van der Waals surface area contributed by atoms with Gasteiger partial charge in [-0.15, -0.1) is 0 Å². The highest BCUT2D eigenvalue weighted by molar-refractivity contribution is 5.91. The van der Waals surface area contributed by atoms with Crippen LogP contribution in [0.3, 0.4) is 0 Å². The van der Waals surface area contributed by atoms with Crippen LogP contribution in [-0.4, -0.2) is 30.3 Å². The van der Waals surface area contributed by atoms with E-state index in [9.17, 15) is 4.79 Å². The van der Waals surface area contributed by atoms with Crippen LogP contribution in [0.25, 0.3) is 0 Å². The van der Waals surface area contributed by atoms with Crippen molar-refractivity contribution in [2.75, 3.05) is 13.2 Å². The first-order chi connectivity index (χ1) is 13.2. The van der Waals surface area contributed by atoms with Crippen molar-refractivity contribution in [1.29, 1.82) is 0 Å². The molecule has 1 aliphatic rings. The lowest BCUT2D eigenvalue weighted by Crippen LogP contribution is -2.40. The molecule has 1 N–H and O–H groups in total. The van der Waals surface area contributed by atoms with Gasteiger partial charge in [0.1, 0.15) is 11.5 Å². The van der Waals surface area contributed by atoms with Crippen molar-refractivity contribution in [1.82, 2.24) is 10.5 Å². The fourth-order valence-electron chi connectivity index (χ4n) is 3.07. The molecule has 1 amide bonds. The number of aromatic nitrogens is 1. The van der Waals surface area contributed by atoms with Crippen molar-refractivity contribution in [3.8, 4) is 11.7 Å². The normalized spacial score (nSPS) is 19.1. The third-order valence-electron chi connectivity index (χ3n) is 4.42. The van der Waals surface area contributed by atoms with Crippen molar-refractivity contribution in [2.45, 2.75) is 19.4 Å². The minimum absolute atomic E-state index is 0.119. The van der Waals surface area contributed by atoms with Crippen LogP contribution in [0.5, 0.6) is 11.7 Å². The average Bonchev–Trinajstić information content (AvgIpc) is 3.39. The van der Waals surface area contributed by atoms with E-state index in [0.29, 0.717) is 25.4 Å². The molecule has 1 aromatic carbocycles. The molecule has 1 aliphatic heterocycles. The van der Waals surface area contributed by atoms with E-state index in [4.69, 9.17) is 18.4 Å². The van der Waals surface area contributed by atoms with Gasteiger partial charge in [0.25, 0.3) is 11.9 Å². The molecule has 4 rings (SSSR count). The van der Waals surface area contributed by atoms with Gasteiger partial charge in [-0.2, -0.15) is 0 Å². The van der Waals surface area contributed by atoms with Crippen LogP contribution in [0.1, 0.15) is 22.0 Å². The molecule has 7 nitrogen and oxygen atoms in total. The second-order valence-corrected chi connectivity index (χ2v) is 6.55. The van der Waals surface area contributed by atoms with Crippen molar-refractivity contribution < 1.29 is 23.2 Å². The first-order valence-corrected chi connectivity index (χ1v) is 8.81. The number of rotatable bonds is 6. The Labute approximate surface area is 156 Å². The number of aryl methyl sites for hydroxylation is 1. The van der Waals surface area contributed by atoms with E-state index >= 15 is 0 Å². The van der Waals surface area contributed by atoms with Crippen LogP contribution in [0.2, 0.25) is 0 Å². The first-order valence-electron chi connectivity index (χ1n) is 8.81. The summed E-state index contributed by atoms with van der Waals surface area (Å²) in [6.07, 6.45) is 0.659. The molecule has 3 aromatic rings. The average molecular weight is 368 g/mol. The Balaban J connectivity index is 1.37. The number of hydrogen-bond acceptors (Lipinski definition) is 6. The number of nitrogens with one attached hydrogen (secondary N) is 1. The molecule has 7 heteroatoms. The molecule has 0 bridgehead atoms. The highest BCUT2D eigenvalue weighted by Crippen LogP contribution is 2.24. The minimum Gasteiger partial charge on any atom is -0.426 e. The lowest BCUT2D eigenvalue weighted by atomic mass is 9.98. The molecule has 0 aliphatic carbocycles. The SMILES string of the molecule is Cc1cc(CC2COCC2NC(=O)c2ccc(Oc3ccccc3)o2)on1. The molecule has 1 saturated heterocycles. The zero-order valence-corrected chi connectivity index (χ0v) is 14.9. The van der Waals surface area contributed by atoms with Gasteiger partial charge >= 0.3 is 0 Å². The number of carbonyl (C=O) groups excluding carboxylic acids is 1. The summed E-state index contributed by atoms with van der Waals surface area (Å²) in [5.41, 5.74) is 0.839. The zero-order chi connectivity index (χ0) is 18.6. The number of nitrogens with zero attached hydrogens (tertiary/aromatic N) is 1. The van der Waals surface area contributed by atoms with E-state index in [1.165, 1.54) is 0 Å². The summed E-state index contributed by atoms with van der Waals surface area (Å²) in [6, 6.07) is 14.3. The highest BCUT2D eigenvalue weighted by Gasteiger charge is 2.31. The molecular formula is C20H20N2O5. The smallest absolute Gasteiger partial charge is 0.290 e. The molecule has 1 fully saturated rings. The maximum atomic E-state index is 12.5. The molecule has 0 radical (unpaired) electrons. The van der Waals surface area contributed by atoms with Crippen molar-refractivity contribution in [2.24, 2.45) is 5.92 Å². The van der Waals surface area contributed by atoms with Gasteiger partial charge in [-0.25, -0.2) is 0 Å². The van der Waals surface area contributed by atoms with E-state index < -0.39 is 0 Å². The van der Waals surface area contributed by atoms with E-state index in [1.54, 1.807) is 12.1 Å². The van der Waals surface area contributed by atoms with Gasteiger partial charge in [0.05, 0.1) is 24.9 Å². The number of para-hydroxylation sites is 1. The van der Waals surface area contributed by atoms with Gasteiger partial charge in [-0.3, -0.25) is 4.79 Å². The standard InChI is InChI=1S/C20H20N2O5/c1-13-9-16(27-22-13)10-14-11-24-12-17(14)21-20(23)18-7-8-19(26-18)25-15-5-3-2-4-6-15/h2-9,14,17H,10-12H2,1H3,(H,21,23). The Morgan fingerprint density at radius 3 is 2.85 bits per heavy atom. The summed E-state index contributed by atoms with van der Waals surface area (Å²) < 4.78 is 21.9. The van der Waals surface area contributed by atoms with Crippen molar-refractivity contribution in [3.63, 3.8) is 0 Å². The Bertz CT molecular complexity index is 902. The van der Waals surface area contributed by atoms with Gasteiger partial charge in [0.15, 0.2) is 5.76 Å². The Hall–Kier alpha value is -3.06. The highest BCUT2D eigenvalue weighted by atomic mass is 16.6. The van der Waals surface area contributed by atoms with Crippen molar-refractivity contribution >= 4 is 5.91 Å². The van der Waals surface area contributed by atoms with Crippen LogP contribution >= 0.6 is 0 Å². The zero-order valence-electron chi connectivity index (χ0n) is 14.9. The lowest BCUT2D eigenvalue weighted by molar-refractivity contribution is 0.0891. The molecule has 3 heterocycles. The Kier molecular flexibility index (Phi) is 4.93. The first kappa shape index (κ1) is 17.4. The van der Waals surface area contributed by atoms with Gasteiger partial charge in [0.2, 0.25) is 0 Å². The quantitative estimate of drug-likeness (QED) is 0.718. The van der Waals surface area contributed by atoms with Crippen LogP contribution < -0.4 is 10.1 Å². The van der Waals surface area contributed by atoms with Gasteiger partial charge in [-0.05, 0) is 25.1 Å². The second-order valence-electron chi connectivity index (χ2n) is 6.55. The van der Waals surface area contributed by atoms with Crippen LogP contribution in [0.4, 0.5) is 0 Å². The van der Waals surface area contributed by atoms with Gasteiger partial charge in [0, 0.05) is 24.5 Å². The Morgan fingerprint density at radius 1 is 1.22 bits per heavy atom. The number of furan rings is 1. The van der Waals surface area contributed by atoms with E-state index in [2.05, 4.69) is 10.5 Å². The summed E-state index contributed by atoms with van der Waals surface area (Å²) in [5.74, 6) is 1.72. The number of benzene rings is 1. The molecule has 2 atom stereocenters. The summed E-state index contributed by atoms with van der Waals surface area (Å²) in [5, 5.41) is 6.87. The second kappa shape index (κ2) is 7.67. The van der Waals surface area contributed by atoms with Gasteiger partial charge in [-0.1, -0.05) is 23.4 Å². The van der Waals surface area contributed by atoms with Crippen LogP contribution in [0, 0.1) is 12.8 Å². The molecule has 0 saturated carbocycles. The molecule has 140 valence electrons. The number of ether oxygens (including phenoxy) is 2. The summed E-state index contributed by atoms with van der Waals surface area (Å²) in [4.78, 5) is 12.5. The predicted molar refractivity (Wildman–Crippen MR) is 95.7 cm³/mol. The van der Waals surface area contributed by atoms with E-state index in [-0.39, 0.29) is 29.6 Å². The van der Waals surface area contributed by atoms with E-state index in [1.807, 2.05) is 43.3 Å². The maximum absolute atomic E-state index is 12.5. The molecule has 27 heavy (non-hydrogen) atoms. The third-order valence-corrected chi connectivity index (χ3v) is 4.42. The molecule has 0 spiro atoms. The fraction of sp³-hybridized carbons (Fsp3) is 0.300. The number of amides is 1. The third kappa shape index (κ3) is 4.20. The predicted octanol–water partition coefficient (Wildman–Crippen LogP) is 3.36. The van der Waals surface area contributed by atoms with Crippen molar-refractivity contribution in [3.05, 3.63) is 65.7 Å².